The molecule has 0 unspecified atom stereocenters. The van der Waals surface area contributed by atoms with Gasteiger partial charge in [-0.3, -0.25) is 4.99 Å². The van der Waals surface area contributed by atoms with Crippen molar-refractivity contribution in [3.05, 3.63) is 28.0 Å². The quantitative estimate of drug-likeness (QED) is 0.670. The van der Waals surface area contributed by atoms with Gasteiger partial charge in [-0.1, -0.05) is 15.9 Å². The normalized spacial score (nSPS) is 12.2. The van der Waals surface area contributed by atoms with Crippen LogP contribution in [-0.4, -0.2) is 38.3 Å². The molecule has 0 aliphatic rings. The molecule has 5 heteroatoms. The first kappa shape index (κ1) is 15.1. The van der Waals surface area contributed by atoms with Gasteiger partial charge in [-0.2, -0.15) is 0 Å². The molecule has 0 fully saturated rings. The lowest BCUT2D eigenvalue weighted by molar-refractivity contribution is 0.404. The number of nitrogens with two attached hydrogens (primary N) is 1. The molecule has 0 saturated heterocycles. The van der Waals surface area contributed by atoms with Gasteiger partial charge < -0.3 is 10.6 Å². The maximum absolute atomic E-state index is 13.5. The smallest absolute Gasteiger partial charge is 0.146 e. The lowest BCUT2D eigenvalue weighted by Gasteiger charge is -2.13. The molecule has 1 rings (SSSR count). The van der Waals surface area contributed by atoms with Crippen LogP contribution in [0.15, 0.2) is 21.6 Å². The van der Waals surface area contributed by atoms with Crippen molar-refractivity contribution in [1.29, 1.82) is 0 Å². The summed E-state index contributed by atoms with van der Waals surface area (Å²) in [5, 5.41) is 0. The van der Waals surface area contributed by atoms with E-state index in [9.17, 15) is 4.39 Å². The van der Waals surface area contributed by atoms with Crippen LogP contribution in [0.5, 0.6) is 0 Å². The number of nitrogens with zero attached hydrogens (tertiary/aromatic N) is 2. The maximum atomic E-state index is 13.5. The fourth-order valence-electron chi connectivity index (χ4n) is 1.77. The Hall–Kier alpha value is -0.940. The molecule has 0 saturated carbocycles. The van der Waals surface area contributed by atoms with E-state index in [1.165, 1.54) is 6.07 Å². The van der Waals surface area contributed by atoms with E-state index < -0.39 is 5.82 Å². The highest BCUT2D eigenvalue weighted by molar-refractivity contribution is 9.10. The second kappa shape index (κ2) is 6.85. The Morgan fingerprint density at radius 1 is 1.44 bits per heavy atom. The van der Waals surface area contributed by atoms with Crippen LogP contribution in [0.1, 0.15) is 18.4 Å². The Kier molecular flexibility index (Phi) is 5.75. The fraction of sp³-hybridized carbons (Fsp3) is 0.462. The van der Waals surface area contributed by atoms with E-state index in [-0.39, 0.29) is 5.69 Å². The van der Waals surface area contributed by atoms with Gasteiger partial charge in [0.25, 0.3) is 0 Å². The molecule has 2 N–H and O–H groups in total. The largest absolute Gasteiger partial charge is 0.396 e. The zero-order chi connectivity index (χ0) is 13.7. The van der Waals surface area contributed by atoms with Crippen LogP contribution in [0.2, 0.25) is 0 Å². The second-order valence-corrected chi connectivity index (χ2v) is 5.25. The fourth-order valence-corrected chi connectivity index (χ4v) is 2.35. The summed E-state index contributed by atoms with van der Waals surface area (Å²) in [5.74, 6) is -0.401. The maximum Gasteiger partial charge on any atom is 0.146 e. The summed E-state index contributed by atoms with van der Waals surface area (Å²) in [6.07, 6.45) is 1.74. The SMILES string of the molecule is CN=C(CCCN(C)C)c1c(Br)ccc(F)c1N. The number of halogens is 2. The molecular weight excluding hydrogens is 297 g/mol. The minimum absolute atomic E-state index is 0.162. The molecule has 0 atom stereocenters. The van der Waals surface area contributed by atoms with Gasteiger partial charge in [-0.05, 0) is 45.6 Å². The molecule has 3 nitrogen and oxygen atoms in total. The zero-order valence-corrected chi connectivity index (χ0v) is 12.6. The second-order valence-electron chi connectivity index (χ2n) is 4.40. The number of benzene rings is 1. The number of aliphatic imine (C=N–C) groups is 1. The van der Waals surface area contributed by atoms with Gasteiger partial charge in [0, 0.05) is 22.8 Å². The monoisotopic (exact) mass is 315 g/mol. The first-order valence-corrected chi connectivity index (χ1v) is 6.61. The van der Waals surface area contributed by atoms with Crippen molar-refractivity contribution in [2.24, 2.45) is 4.99 Å². The first-order chi connectivity index (χ1) is 8.47. The summed E-state index contributed by atoms with van der Waals surface area (Å²) in [6, 6.07) is 3.02. The van der Waals surface area contributed by atoms with Crippen molar-refractivity contribution >= 4 is 27.3 Å². The molecule has 0 radical (unpaired) electrons. The topological polar surface area (TPSA) is 41.6 Å². The highest BCUT2D eigenvalue weighted by Crippen LogP contribution is 2.27. The molecule has 0 amide bonds. The Bertz CT molecular complexity index is 444. The van der Waals surface area contributed by atoms with Gasteiger partial charge in [0.2, 0.25) is 0 Å². The first-order valence-electron chi connectivity index (χ1n) is 5.81. The van der Waals surface area contributed by atoms with Crippen molar-refractivity contribution in [1.82, 2.24) is 4.90 Å². The van der Waals surface area contributed by atoms with E-state index in [2.05, 4.69) is 25.8 Å². The minimum atomic E-state index is -0.401. The van der Waals surface area contributed by atoms with E-state index in [0.717, 1.165) is 29.6 Å². The number of hydrogen-bond acceptors (Lipinski definition) is 3. The molecule has 0 spiro atoms. The van der Waals surface area contributed by atoms with Gasteiger partial charge >= 0.3 is 0 Å². The van der Waals surface area contributed by atoms with Crippen LogP contribution in [0.4, 0.5) is 10.1 Å². The molecule has 18 heavy (non-hydrogen) atoms. The van der Waals surface area contributed by atoms with Crippen LogP contribution in [0, 0.1) is 5.82 Å². The third-order valence-corrected chi connectivity index (χ3v) is 3.38. The van der Waals surface area contributed by atoms with Crippen LogP contribution in [-0.2, 0) is 0 Å². The summed E-state index contributed by atoms with van der Waals surface area (Å²) in [5.41, 5.74) is 7.47. The van der Waals surface area contributed by atoms with Crippen molar-refractivity contribution in [3.63, 3.8) is 0 Å². The lowest BCUT2D eigenvalue weighted by Crippen LogP contribution is -2.15. The van der Waals surface area contributed by atoms with Crippen molar-refractivity contribution in [2.75, 3.05) is 33.4 Å². The minimum Gasteiger partial charge on any atom is -0.396 e. The summed E-state index contributed by atoms with van der Waals surface area (Å²) < 4.78 is 14.3. The number of nitrogen functional groups attached to an aromatic ring is 1. The van der Waals surface area contributed by atoms with E-state index in [1.807, 2.05) is 14.1 Å². The van der Waals surface area contributed by atoms with E-state index >= 15 is 0 Å². The van der Waals surface area contributed by atoms with Gasteiger partial charge in [0.1, 0.15) is 5.82 Å². The molecular formula is C13H19BrFN3. The predicted molar refractivity (Wildman–Crippen MR) is 78.8 cm³/mol. The summed E-state index contributed by atoms with van der Waals surface area (Å²) >= 11 is 3.41. The average molecular weight is 316 g/mol. The summed E-state index contributed by atoms with van der Waals surface area (Å²) in [7, 11) is 5.76. The van der Waals surface area contributed by atoms with Gasteiger partial charge in [0.15, 0.2) is 0 Å². The highest BCUT2D eigenvalue weighted by atomic mass is 79.9. The third-order valence-electron chi connectivity index (χ3n) is 2.72. The Labute approximate surface area is 116 Å². The van der Waals surface area contributed by atoms with Crippen LogP contribution in [0.25, 0.3) is 0 Å². The van der Waals surface area contributed by atoms with Gasteiger partial charge in [0.05, 0.1) is 5.69 Å². The van der Waals surface area contributed by atoms with Crippen LogP contribution < -0.4 is 5.73 Å². The Morgan fingerprint density at radius 3 is 2.67 bits per heavy atom. The Balaban J connectivity index is 2.93. The summed E-state index contributed by atoms with van der Waals surface area (Å²) in [4.78, 5) is 6.35. The highest BCUT2D eigenvalue weighted by Gasteiger charge is 2.14. The van der Waals surface area contributed by atoms with Crippen molar-refractivity contribution < 1.29 is 4.39 Å². The van der Waals surface area contributed by atoms with E-state index in [4.69, 9.17) is 5.73 Å². The van der Waals surface area contributed by atoms with Crippen molar-refractivity contribution in [2.45, 2.75) is 12.8 Å². The molecule has 0 aliphatic heterocycles. The van der Waals surface area contributed by atoms with E-state index in [0.29, 0.717) is 5.56 Å². The van der Waals surface area contributed by atoms with Gasteiger partial charge in [-0.15, -0.1) is 0 Å². The zero-order valence-electron chi connectivity index (χ0n) is 11.0. The number of anilines is 1. The molecule has 100 valence electrons. The van der Waals surface area contributed by atoms with E-state index in [1.54, 1.807) is 13.1 Å². The Morgan fingerprint density at radius 2 is 2.11 bits per heavy atom. The number of rotatable bonds is 5. The molecule has 0 aliphatic carbocycles. The molecule has 0 heterocycles. The predicted octanol–water partition coefficient (Wildman–Crippen LogP) is 2.93. The van der Waals surface area contributed by atoms with Crippen LogP contribution >= 0.6 is 15.9 Å². The molecule has 1 aromatic carbocycles. The molecule has 0 bridgehead atoms. The standard InChI is InChI=1S/C13H19BrFN3/c1-17-11(5-4-8-18(2)3)12-9(14)6-7-10(15)13(12)16/h6-7H,4-5,8,16H2,1-3H3. The average Bonchev–Trinajstić information content (AvgIpc) is 2.32. The van der Waals surface area contributed by atoms with Crippen molar-refractivity contribution in [3.8, 4) is 0 Å². The lowest BCUT2D eigenvalue weighted by atomic mass is 10.0. The molecule has 1 aromatic rings. The van der Waals surface area contributed by atoms with Crippen LogP contribution in [0.3, 0.4) is 0 Å². The summed E-state index contributed by atoms with van der Waals surface area (Å²) in [6.45, 7) is 0.964. The van der Waals surface area contributed by atoms with Gasteiger partial charge in [-0.25, -0.2) is 4.39 Å². The third kappa shape index (κ3) is 3.78. The molecule has 0 aromatic heterocycles. The number of hydrogen-bond donors (Lipinski definition) is 1.